The Bertz CT molecular complexity index is 916. The summed E-state index contributed by atoms with van der Waals surface area (Å²) in [6.45, 7) is 2.08. The monoisotopic (exact) mass is 309 g/mol. The fourth-order valence-corrected chi connectivity index (χ4v) is 2.73. The molecule has 0 saturated carbocycles. The zero-order valence-electron chi connectivity index (χ0n) is 12.3. The molecule has 3 heterocycles. The molecule has 2 aromatic heterocycles. The third kappa shape index (κ3) is 2.19. The molecule has 23 heavy (non-hydrogen) atoms. The van der Waals surface area contributed by atoms with Gasteiger partial charge in [-0.3, -0.25) is 0 Å². The molecule has 114 valence electrons. The van der Waals surface area contributed by atoms with E-state index in [0.29, 0.717) is 5.69 Å². The molecule has 0 amide bonds. The second-order valence-corrected chi connectivity index (χ2v) is 5.32. The lowest BCUT2D eigenvalue weighted by atomic mass is 10.0. The van der Waals surface area contributed by atoms with Crippen LogP contribution in [0.2, 0.25) is 0 Å². The average molecular weight is 309 g/mol. The number of hydrogen-bond donors (Lipinski definition) is 0. The molecule has 0 unspecified atom stereocenters. The second-order valence-electron chi connectivity index (χ2n) is 5.32. The van der Waals surface area contributed by atoms with E-state index in [0.717, 1.165) is 28.2 Å². The van der Waals surface area contributed by atoms with Crippen LogP contribution in [0.1, 0.15) is 21.7 Å². The molecule has 0 spiro atoms. The smallest absolute Gasteiger partial charge is 0.357 e. The molecular weight excluding hydrogens is 297 g/mol. The maximum absolute atomic E-state index is 13.2. The number of esters is 1. The molecule has 0 N–H and O–H groups in total. The van der Waals surface area contributed by atoms with Crippen LogP contribution in [-0.2, 0) is 11.3 Å². The highest BCUT2D eigenvalue weighted by Crippen LogP contribution is 2.31. The van der Waals surface area contributed by atoms with Gasteiger partial charge in [0.15, 0.2) is 5.69 Å². The summed E-state index contributed by atoms with van der Waals surface area (Å²) in [6, 6.07) is 9.85. The zero-order valence-corrected chi connectivity index (χ0v) is 12.3. The summed E-state index contributed by atoms with van der Waals surface area (Å²) in [7, 11) is 0. The van der Waals surface area contributed by atoms with Crippen LogP contribution in [0.4, 0.5) is 4.39 Å². The number of hydrogen-bond acceptors (Lipinski definition) is 4. The molecule has 1 aromatic carbocycles. The minimum Gasteiger partial charge on any atom is -0.456 e. The van der Waals surface area contributed by atoms with Crippen LogP contribution in [0.25, 0.3) is 16.9 Å². The highest BCUT2D eigenvalue weighted by atomic mass is 19.1. The fourth-order valence-electron chi connectivity index (χ4n) is 2.73. The Balaban J connectivity index is 1.92. The maximum atomic E-state index is 13.2. The number of aromatic nitrogens is 3. The van der Waals surface area contributed by atoms with E-state index < -0.39 is 5.97 Å². The van der Waals surface area contributed by atoms with E-state index in [1.807, 2.05) is 19.1 Å². The second kappa shape index (κ2) is 5.01. The van der Waals surface area contributed by atoms with Crippen LogP contribution >= 0.6 is 0 Å². The van der Waals surface area contributed by atoms with Crippen LogP contribution in [0.15, 0.2) is 42.6 Å². The van der Waals surface area contributed by atoms with Gasteiger partial charge >= 0.3 is 5.97 Å². The van der Waals surface area contributed by atoms with Crippen molar-refractivity contribution >= 4 is 5.97 Å². The maximum Gasteiger partial charge on any atom is 0.357 e. The van der Waals surface area contributed by atoms with E-state index in [9.17, 15) is 9.18 Å². The molecule has 0 aliphatic carbocycles. The molecule has 3 aromatic rings. The standard InChI is InChI=1S/C17H12FN3O2/c1-10-8-15(21(20-10)12-4-2-11(18)3-5-12)13-6-7-19-16-14(13)9-23-17(16)22/h2-8H,9H2,1H3. The van der Waals surface area contributed by atoms with E-state index in [4.69, 9.17) is 4.74 Å². The van der Waals surface area contributed by atoms with E-state index in [-0.39, 0.29) is 12.4 Å². The Morgan fingerprint density at radius 1 is 1.22 bits per heavy atom. The fraction of sp³-hybridized carbons (Fsp3) is 0.118. The molecule has 0 bridgehead atoms. The molecule has 5 nitrogen and oxygen atoms in total. The van der Waals surface area contributed by atoms with Crippen molar-refractivity contribution in [1.29, 1.82) is 0 Å². The number of fused-ring (bicyclic) bond motifs is 1. The van der Waals surface area contributed by atoms with E-state index in [1.165, 1.54) is 12.1 Å². The van der Waals surface area contributed by atoms with E-state index in [1.54, 1.807) is 23.0 Å². The summed E-state index contributed by atoms with van der Waals surface area (Å²) in [4.78, 5) is 15.8. The summed E-state index contributed by atoms with van der Waals surface area (Å²) >= 11 is 0. The molecule has 1 aliphatic rings. The first kappa shape index (κ1) is 13.6. The van der Waals surface area contributed by atoms with Gasteiger partial charge in [-0.2, -0.15) is 5.10 Å². The lowest BCUT2D eigenvalue weighted by Crippen LogP contribution is -2.02. The van der Waals surface area contributed by atoms with Gasteiger partial charge < -0.3 is 4.74 Å². The third-order valence-corrected chi connectivity index (χ3v) is 3.78. The number of cyclic esters (lactones) is 1. The number of ether oxygens (including phenoxy) is 1. The third-order valence-electron chi connectivity index (χ3n) is 3.78. The number of rotatable bonds is 2. The van der Waals surface area contributed by atoms with Gasteiger partial charge in [0.25, 0.3) is 0 Å². The van der Waals surface area contributed by atoms with Gasteiger partial charge in [-0.05, 0) is 43.3 Å². The van der Waals surface area contributed by atoms with Gasteiger partial charge in [-0.25, -0.2) is 18.9 Å². The number of benzene rings is 1. The largest absolute Gasteiger partial charge is 0.456 e. The summed E-state index contributed by atoms with van der Waals surface area (Å²) in [6.07, 6.45) is 1.58. The Hall–Kier alpha value is -3.02. The predicted octanol–water partition coefficient (Wildman–Crippen LogP) is 3.05. The van der Waals surface area contributed by atoms with Gasteiger partial charge in [0.2, 0.25) is 0 Å². The van der Waals surface area contributed by atoms with E-state index >= 15 is 0 Å². The van der Waals surface area contributed by atoms with Crippen molar-refractivity contribution in [2.24, 2.45) is 0 Å². The zero-order chi connectivity index (χ0) is 16.0. The Labute approximate surface area is 131 Å². The predicted molar refractivity (Wildman–Crippen MR) is 80.6 cm³/mol. The van der Waals surface area contributed by atoms with Crippen molar-refractivity contribution in [3.63, 3.8) is 0 Å². The molecule has 6 heteroatoms. The van der Waals surface area contributed by atoms with Crippen LogP contribution in [0.5, 0.6) is 0 Å². The molecule has 0 fully saturated rings. The van der Waals surface area contributed by atoms with E-state index in [2.05, 4.69) is 10.1 Å². The average Bonchev–Trinajstić information content (AvgIpc) is 3.12. The summed E-state index contributed by atoms with van der Waals surface area (Å²) in [5.41, 5.74) is 4.30. The first-order valence-electron chi connectivity index (χ1n) is 7.11. The number of pyridine rings is 1. The van der Waals surface area contributed by atoms with Crippen LogP contribution in [-0.4, -0.2) is 20.7 Å². The lowest BCUT2D eigenvalue weighted by Gasteiger charge is -2.09. The van der Waals surface area contributed by atoms with Crippen molar-refractivity contribution in [3.8, 4) is 16.9 Å². The van der Waals surface area contributed by atoms with Crippen molar-refractivity contribution in [2.75, 3.05) is 0 Å². The number of halogens is 1. The minimum atomic E-state index is -0.411. The Morgan fingerprint density at radius 3 is 2.78 bits per heavy atom. The molecule has 4 rings (SSSR count). The van der Waals surface area contributed by atoms with Gasteiger partial charge in [-0.1, -0.05) is 0 Å². The number of carbonyl (C=O) groups is 1. The van der Waals surface area contributed by atoms with Gasteiger partial charge in [0, 0.05) is 17.3 Å². The normalized spacial score (nSPS) is 13.0. The van der Waals surface area contributed by atoms with Gasteiger partial charge in [0.1, 0.15) is 12.4 Å². The lowest BCUT2D eigenvalue weighted by molar-refractivity contribution is 0.0531. The van der Waals surface area contributed by atoms with Crippen LogP contribution in [0, 0.1) is 12.7 Å². The quantitative estimate of drug-likeness (QED) is 0.683. The summed E-state index contributed by atoms with van der Waals surface area (Å²) < 4.78 is 20.0. The van der Waals surface area contributed by atoms with Crippen molar-refractivity contribution in [2.45, 2.75) is 13.5 Å². The number of nitrogens with zero attached hydrogens (tertiary/aromatic N) is 3. The SMILES string of the molecule is Cc1cc(-c2ccnc3c2COC3=O)n(-c2ccc(F)cc2)n1. The highest BCUT2D eigenvalue weighted by molar-refractivity contribution is 5.93. The topological polar surface area (TPSA) is 57.0 Å². The molecule has 1 aliphatic heterocycles. The number of carbonyl (C=O) groups excluding carboxylic acids is 1. The summed E-state index contributed by atoms with van der Waals surface area (Å²) in [5.74, 6) is -0.714. The van der Waals surface area contributed by atoms with Gasteiger partial charge in [0.05, 0.1) is 17.1 Å². The first-order valence-corrected chi connectivity index (χ1v) is 7.11. The summed E-state index contributed by atoms with van der Waals surface area (Å²) in [5, 5.41) is 4.48. The minimum absolute atomic E-state index is 0.199. The van der Waals surface area contributed by atoms with Crippen LogP contribution in [0.3, 0.4) is 0 Å². The highest BCUT2D eigenvalue weighted by Gasteiger charge is 2.27. The molecule has 0 saturated heterocycles. The van der Waals surface area contributed by atoms with Crippen LogP contribution < -0.4 is 0 Å². The van der Waals surface area contributed by atoms with Gasteiger partial charge in [-0.15, -0.1) is 0 Å². The molecule has 0 radical (unpaired) electrons. The Morgan fingerprint density at radius 2 is 2.00 bits per heavy atom. The first-order chi connectivity index (χ1) is 11.1. The molecule has 0 atom stereocenters. The molecular formula is C17H12FN3O2. The Kier molecular flexibility index (Phi) is 2.97. The van der Waals surface area contributed by atoms with Crippen molar-refractivity contribution in [3.05, 3.63) is 65.4 Å². The number of aryl methyl sites for hydroxylation is 1. The van der Waals surface area contributed by atoms with Crippen molar-refractivity contribution < 1.29 is 13.9 Å². The van der Waals surface area contributed by atoms with Crippen molar-refractivity contribution in [1.82, 2.24) is 14.8 Å².